The van der Waals surface area contributed by atoms with E-state index in [0.717, 1.165) is 0 Å². The third kappa shape index (κ3) is 3.49. The highest BCUT2D eigenvalue weighted by Crippen LogP contribution is 2.19. The van der Waals surface area contributed by atoms with Gasteiger partial charge in [0, 0.05) is 48.7 Å². The Hall–Kier alpha value is -3.23. The van der Waals surface area contributed by atoms with Crippen LogP contribution in [0.1, 0.15) is 22.3 Å². The Bertz CT molecular complexity index is 879. The second kappa shape index (κ2) is 6.71. The van der Waals surface area contributed by atoms with Gasteiger partial charge in [-0.15, -0.1) is 0 Å². The molecule has 9 nitrogen and oxygen atoms in total. The van der Waals surface area contributed by atoms with Crippen LogP contribution in [0.5, 0.6) is 0 Å². The van der Waals surface area contributed by atoms with Crippen LogP contribution in [-0.4, -0.2) is 39.9 Å². The lowest BCUT2D eigenvalue weighted by Crippen LogP contribution is -2.38. The largest absolute Gasteiger partial charge is 0.350 e. The number of nitrogens with one attached hydrogen (secondary N) is 2. The van der Waals surface area contributed by atoms with Gasteiger partial charge < -0.3 is 15.2 Å². The first-order valence-corrected chi connectivity index (χ1v) is 7.80. The summed E-state index contributed by atoms with van der Waals surface area (Å²) in [6, 6.07) is 4.16. The van der Waals surface area contributed by atoms with Crippen LogP contribution in [0, 0.1) is 17.0 Å². The maximum atomic E-state index is 12.4. The molecule has 1 unspecified atom stereocenters. The molecule has 1 atom stereocenters. The Morgan fingerprint density at radius 2 is 2.28 bits per heavy atom. The van der Waals surface area contributed by atoms with Gasteiger partial charge in [-0.3, -0.25) is 19.7 Å². The van der Waals surface area contributed by atoms with Crippen molar-refractivity contribution >= 4 is 17.4 Å². The van der Waals surface area contributed by atoms with E-state index < -0.39 is 4.92 Å². The standard InChI is InChI=1S/C16H17N5O4/c1-10-8-11(2-3-13(10)21(24)25)15(22)19-12-4-7-20(9-12)14-16(23)18-6-5-17-14/h2-3,5-6,8,12H,4,7,9H2,1H3,(H,18,23)(H,19,22). The van der Waals surface area contributed by atoms with Crippen molar-refractivity contribution in [1.82, 2.24) is 15.3 Å². The maximum absolute atomic E-state index is 12.4. The summed E-state index contributed by atoms with van der Waals surface area (Å²) in [5.41, 5.74) is 0.529. The highest BCUT2D eigenvalue weighted by atomic mass is 16.6. The summed E-state index contributed by atoms with van der Waals surface area (Å²) in [6.45, 7) is 2.70. The number of carbonyl (C=O) groups excluding carboxylic acids is 1. The molecule has 1 amide bonds. The van der Waals surface area contributed by atoms with Crippen LogP contribution < -0.4 is 15.8 Å². The number of nitro benzene ring substituents is 1. The molecule has 1 fully saturated rings. The smallest absolute Gasteiger partial charge is 0.290 e. The van der Waals surface area contributed by atoms with Crippen molar-refractivity contribution in [2.24, 2.45) is 0 Å². The van der Waals surface area contributed by atoms with Crippen molar-refractivity contribution in [2.45, 2.75) is 19.4 Å². The number of nitro groups is 1. The quantitative estimate of drug-likeness (QED) is 0.631. The third-order valence-corrected chi connectivity index (χ3v) is 4.17. The van der Waals surface area contributed by atoms with Crippen LogP contribution >= 0.6 is 0 Å². The van der Waals surface area contributed by atoms with E-state index in [2.05, 4.69) is 15.3 Å². The summed E-state index contributed by atoms with van der Waals surface area (Å²) >= 11 is 0. The molecule has 0 spiro atoms. The van der Waals surface area contributed by atoms with Gasteiger partial charge in [-0.25, -0.2) is 4.98 Å². The van der Waals surface area contributed by atoms with Crippen LogP contribution in [0.15, 0.2) is 35.4 Å². The van der Waals surface area contributed by atoms with Crippen molar-refractivity contribution in [2.75, 3.05) is 18.0 Å². The van der Waals surface area contributed by atoms with Gasteiger partial charge in [0.05, 0.1) is 4.92 Å². The van der Waals surface area contributed by atoms with Gasteiger partial charge in [-0.1, -0.05) is 0 Å². The number of nitrogens with zero attached hydrogens (tertiary/aromatic N) is 3. The fourth-order valence-corrected chi connectivity index (χ4v) is 2.91. The number of aromatic nitrogens is 2. The summed E-state index contributed by atoms with van der Waals surface area (Å²) in [4.78, 5) is 43.0. The molecule has 0 aliphatic carbocycles. The summed E-state index contributed by atoms with van der Waals surface area (Å²) in [6.07, 6.45) is 3.67. The van der Waals surface area contributed by atoms with Crippen molar-refractivity contribution in [3.05, 3.63) is 62.2 Å². The zero-order chi connectivity index (χ0) is 18.0. The van der Waals surface area contributed by atoms with E-state index in [1.54, 1.807) is 6.92 Å². The minimum absolute atomic E-state index is 0.0158. The molecule has 0 saturated carbocycles. The number of H-pyrrole nitrogens is 1. The number of hydrogen-bond donors (Lipinski definition) is 2. The Balaban J connectivity index is 1.66. The van der Waals surface area contributed by atoms with Crippen LogP contribution in [0.2, 0.25) is 0 Å². The Morgan fingerprint density at radius 1 is 1.48 bits per heavy atom. The fraction of sp³-hybridized carbons (Fsp3) is 0.312. The number of aromatic amines is 1. The minimum atomic E-state index is -0.476. The molecule has 1 aliphatic rings. The summed E-state index contributed by atoms with van der Waals surface area (Å²) in [7, 11) is 0. The van der Waals surface area contributed by atoms with E-state index in [1.165, 1.54) is 30.6 Å². The number of hydrogen-bond acceptors (Lipinski definition) is 6. The van der Waals surface area contributed by atoms with E-state index in [9.17, 15) is 19.7 Å². The molecule has 25 heavy (non-hydrogen) atoms. The molecule has 130 valence electrons. The number of benzene rings is 1. The number of rotatable bonds is 4. The predicted molar refractivity (Wildman–Crippen MR) is 90.8 cm³/mol. The van der Waals surface area contributed by atoms with Crippen molar-refractivity contribution < 1.29 is 9.72 Å². The predicted octanol–water partition coefficient (Wildman–Crippen LogP) is 0.995. The van der Waals surface area contributed by atoms with Crippen molar-refractivity contribution in [1.29, 1.82) is 0 Å². The first kappa shape index (κ1) is 16.6. The highest BCUT2D eigenvalue weighted by Gasteiger charge is 2.26. The maximum Gasteiger partial charge on any atom is 0.290 e. The Morgan fingerprint density at radius 3 is 2.96 bits per heavy atom. The Kier molecular flexibility index (Phi) is 4.46. The second-order valence-electron chi connectivity index (χ2n) is 5.91. The van der Waals surface area contributed by atoms with Gasteiger partial charge in [0.1, 0.15) is 0 Å². The zero-order valence-electron chi connectivity index (χ0n) is 13.6. The van der Waals surface area contributed by atoms with Crippen LogP contribution in [-0.2, 0) is 0 Å². The summed E-state index contributed by atoms with van der Waals surface area (Å²) in [5.74, 6) is 0.0465. The average Bonchev–Trinajstić information content (AvgIpc) is 3.03. The van der Waals surface area contributed by atoms with Crippen LogP contribution in [0.25, 0.3) is 0 Å². The number of amides is 1. The van der Waals surface area contributed by atoms with E-state index in [1.807, 2.05) is 4.90 Å². The molecule has 2 heterocycles. The van der Waals surface area contributed by atoms with Crippen LogP contribution in [0.4, 0.5) is 11.5 Å². The lowest BCUT2D eigenvalue weighted by Gasteiger charge is -2.17. The lowest BCUT2D eigenvalue weighted by atomic mass is 10.1. The van der Waals surface area contributed by atoms with Gasteiger partial charge >= 0.3 is 0 Å². The first-order valence-electron chi connectivity index (χ1n) is 7.80. The molecule has 1 aromatic carbocycles. The van der Waals surface area contributed by atoms with Gasteiger partial charge in [0.25, 0.3) is 17.2 Å². The summed E-state index contributed by atoms with van der Waals surface area (Å²) < 4.78 is 0. The SMILES string of the molecule is Cc1cc(C(=O)NC2CCN(c3ncc[nH]c3=O)C2)ccc1[N+](=O)[O-]. The molecule has 2 aromatic rings. The molecule has 9 heteroatoms. The minimum Gasteiger partial charge on any atom is -0.350 e. The normalized spacial score (nSPS) is 16.7. The number of carbonyl (C=O) groups is 1. The molecule has 0 bridgehead atoms. The lowest BCUT2D eigenvalue weighted by molar-refractivity contribution is -0.385. The molecular weight excluding hydrogens is 326 g/mol. The monoisotopic (exact) mass is 343 g/mol. The molecule has 0 radical (unpaired) electrons. The van der Waals surface area contributed by atoms with Gasteiger partial charge in [-0.2, -0.15) is 0 Å². The number of aryl methyl sites for hydroxylation is 1. The van der Waals surface area contributed by atoms with Gasteiger partial charge in [-0.05, 0) is 25.5 Å². The third-order valence-electron chi connectivity index (χ3n) is 4.17. The van der Waals surface area contributed by atoms with Gasteiger partial charge in [0.15, 0.2) is 5.82 Å². The second-order valence-corrected chi connectivity index (χ2v) is 5.91. The molecule has 2 N–H and O–H groups in total. The molecule has 3 rings (SSSR count). The average molecular weight is 343 g/mol. The van der Waals surface area contributed by atoms with E-state index in [4.69, 9.17) is 0 Å². The van der Waals surface area contributed by atoms with E-state index >= 15 is 0 Å². The molecule has 1 aliphatic heterocycles. The van der Waals surface area contributed by atoms with E-state index in [0.29, 0.717) is 36.5 Å². The summed E-state index contributed by atoms with van der Waals surface area (Å²) in [5, 5.41) is 13.7. The first-order chi connectivity index (χ1) is 12.0. The van der Waals surface area contributed by atoms with E-state index in [-0.39, 0.29) is 23.2 Å². The zero-order valence-corrected chi connectivity index (χ0v) is 13.6. The van der Waals surface area contributed by atoms with Crippen molar-refractivity contribution in [3.63, 3.8) is 0 Å². The number of anilines is 1. The molecule has 1 aromatic heterocycles. The Labute approximate surface area is 142 Å². The fourth-order valence-electron chi connectivity index (χ4n) is 2.91. The molecular formula is C16H17N5O4. The van der Waals surface area contributed by atoms with Gasteiger partial charge in [0.2, 0.25) is 0 Å². The van der Waals surface area contributed by atoms with Crippen molar-refractivity contribution in [3.8, 4) is 0 Å². The topological polar surface area (TPSA) is 121 Å². The molecule has 1 saturated heterocycles. The highest BCUT2D eigenvalue weighted by molar-refractivity contribution is 5.95. The van der Waals surface area contributed by atoms with Crippen LogP contribution in [0.3, 0.4) is 0 Å².